The molecule has 1 aromatic heterocycles. The van der Waals surface area contributed by atoms with Crippen LogP contribution in [-0.2, 0) is 17.8 Å². The average Bonchev–Trinajstić information content (AvgIpc) is 2.98. The number of rotatable bonds is 13. The van der Waals surface area contributed by atoms with E-state index in [1.54, 1.807) is 54.9 Å². The van der Waals surface area contributed by atoms with Gasteiger partial charge in [-0.15, -0.1) is 0 Å². The number of hydrogen-bond donors (Lipinski definition) is 1. The number of nitrogens with zero attached hydrogens (tertiary/aromatic N) is 2. The van der Waals surface area contributed by atoms with Crippen molar-refractivity contribution in [3.63, 3.8) is 0 Å². The molecule has 6 nitrogen and oxygen atoms in total. The Labute approximate surface area is 226 Å². The van der Waals surface area contributed by atoms with Gasteiger partial charge in [-0.3, -0.25) is 14.6 Å². The molecule has 0 fully saturated rings. The van der Waals surface area contributed by atoms with E-state index < -0.39 is 18.4 Å². The molecule has 0 saturated carbocycles. The van der Waals surface area contributed by atoms with E-state index in [9.17, 15) is 9.59 Å². The third-order valence-electron chi connectivity index (χ3n) is 6.02. The third-order valence-corrected chi connectivity index (χ3v) is 6.02. The van der Waals surface area contributed by atoms with Crippen LogP contribution in [0.1, 0.15) is 49.9 Å². The molecule has 1 N–H and O–H groups in total. The van der Waals surface area contributed by atoms with E-state index in [1.807, 2.05) is 48.5 Å². The molecule has 0 aliphatic heterocycles. The Morgan fingerprint density at radius 3 is 2.24 bits per heavy atom. The van der Waals surface area contributed by atoms with Crippen LogP contribution in [0.2, 0.25) is 0 Å². The number of unbranched alkanes of at least 4 members (excludes halogenated alkanes) is 2. The lowest BCUT2D eigenvalue weighted by Gasteiger charge is -2.24. The fourth-order valence-corrected chi connectivity index (χ4v) is 4.02. The quantitative estimate of drug-likeness (QED) is 0.205. The number of ether oxygens (including phenoxy) is 1. The number of pyridine rings is 1. The van der Waals surface area contributed by atoms with E-state index in [0.717, 1.165) is 17.5 Å². The standard InChI is InChI=1S/C32H32N2O4/c35-31(36)13-5-2-8-22-38-30-12-7-6-11-29(30)24-34(23-25-9-3-1-4-10-25)32(37)28-16-14-26(15-17-28)27-18-20-33-21-19-27/h1,3-4,6-7,9-12,14-21H,2,5,8,13,22-24H2,(H,35,36)/i23D2. The molecule has 0 atom stereocenters. The van der Waals surface area contributed by atoms with E-state index >= 15 is 0 Å². The van der Waals surface area contributed by atoms with Gasteiger partial charge in [-0.25, -0.2) is 0 Å². The molecule has 0 unspecified atom stereocenters. The number of amides is 1. The van der Waals surface area contributed by atoms with Crippen LogP contribution in [0.4, 0.5) is 0 Å². The molecule has 0 radical (unpaired) electrons. The maximum absolute atomic E-state index is 13.9. The molecule has 4 aromatic rings. The van der Waals surface area contributed by atoms with Gasteiger partial charge in [0.25, 0.3) is 5.91 Å². The van der Waals surface area contributed by atoms with Crippen LogP contribution in [0.3, 0.4) is 0 Å². The molecular weight excluding hydrogens is 476 g/mol. The van der Waals surface area contributed by atoms with Gasteiger partial charge in [-0.05, 0) is 66.3 Å². The van der Waals surface area contributed by atoms with Crippen molar-refractivity contribution in [3.05, 3.63) is 120 Å². The second-order valence-corrected chi connectivity index (χ2v) is 8.84. The molecule has 0 spiro atoms. The molecule has 194 valence electrons. The molecule has 0 aliphatic carbocycles. The Morgan fingerprint density at radius 2 is 1.50 bits per heavy atom. The average molecular weight is 511 g/mol. The van der Waals surface area contributed by atoms with Crippen molar-refractivity contribution in [2.45, 2.75) is 38.7 Å². The summed E-state index contributed by atoms with van der Waals surface area (Å²) in [6, 6.07) is 26.9. The molecule has 3 aromatic carbocycles. The fourth-order valence-electron chi connectivity index (χ4n) is 4.02. The highest BCUT2D eigenvalue weighted by molar-refractivity contribution is 5.94. The van der Waals surface area contributed by atoms with Crippen molar-refractivity contribution in [1.29, 1.82) is 0 Å². The Balaban J connectivity index is 1.58. The highest BCUT2D eigenvalue weighted by Crippen LogP contribution is 2.24. The number of aromatic nitrogens is 1. The zero-order valence-electron chi connectivity index (χ0n) is 23.1. The maximum Gasteiger partial charge on any atom is 0.303 e. The first-order chi connectivity index (χ1) is 19.4. The Bertz CT molecular complexity index is 1400. The fraction of sp³-hybridized carbons (Fsp3) is 0.219. The van der Waals surface area contributed by atoms with Crippen LogP contribution < -0.4 is 4.74 Å². The van der Waals surface area contributed by atoms with Crippen LogP contribution in [0.25, 0.3) is 11.1 Å². The van der Waals surface area contributed by atoms with Crippen molar-refractivity contribution < 1.29 is 22.2 Å². The van der Waals surface area contributed by atoms with Gasteiger partial charge in [-0.2, -0.15) is 0 Å². The largest absolute Gasteiger partial charge is 0.493 e. The van der Waals surface area contributed by atoms with Gasteiger partial charge in [0.1, 0.15) is 5.75 Å². The van der Waals surface area contributed by atoms with E-state index in [2.05, 4.69) is 4.98 Å². The minimum atomic E-state index is -2.11. The van der Waals surface area contributed by atoms with Gasteiger partial charge < -0.3 is 14.7 Å². The van der Waals surface area contributed by atoms with Crippen molar-refractivity contribution in [2.24, 2.45) is 0 Å². The first kappa shape index (κ1) is 23.9. The normalized spacial score (nSPS) is 11.8. The predicted octanol–water partition coefficient (Wildman–Crippen LogP) is 6.62. The number of hydrogen-bond acceptors (Lipinski definition) is 4. The number of carbonyl (C=O) groups is 2. The first-order valence-corrected chi connectivity index (χ1v) is 12.7. The smallest absolute Gasteiger partial charge is 0.303 e. The topological polar surface area (TPSA) is 79.7 Å². The summed E-state index contributed by atoms with van der Waals surface area (Å²) in [5.41, 5.74) is 3.32. The van der Waals surface area contributed by atoms with Crippen LogP contribution >= 0.6 is 0 Å². The Hall–Kier alpha value is -4.45. The van der Waals surface area contributed by atoms with Crippen LogP contribution in [0, 0.1) is 0 Å². The number of carboxylic acid groups (broad SMARTS) is 1. The van der Waals surface area contributed by atoms with Gasteiger partial charge in [-0.1, -0.05) is 60.7 Å². The highest BCUT2D eigenvalue weighted by atomic mass is 16.5. The number of para-hydroxylation sites is 1. The third kappa shape index (κ3) is 7.77. The van der Waals surface area contributed by atoms with Gasteiger partial charge in [0, 0.05) is 43.0 Å². The van der Waals surface area contributed by atoms with Gasteiger partial charge in [0.15, 0.2) is 0 Å². The lowest BCUT2D eigenvalue weighted by molar-refractivity contribution is -0.137. The SMILES string of the molecule is [2H]C([2H])(c1ccccc1)N(Cc1ccccc1OCCCCCC(=O)O)C(=O)c1ccc(-c2ccncc2)cc1. The minimum absolute atomic E-state index is 0.0119. The number of carbonyl (C=O) groups excluding carboxylic acids is 1. The van der Waals surface area contributed by atoms with Crippen molar-refractivity contribution >= 4 is 11.9 Å². The van der Waals surface area contributed by atoms with Gasteiger partial charge in [0.05, 0.1) is 9.35 Å². The number of benzene rings is 3. The molecule has 38 heavy (non-hydrogen) atoms. The van der Waals surface area contributed by atoms with Gasteiger partial charge in [0.2, 0.25) is 0 Å². The highest BCUT2D eigenvalue weighted by Gasteiger charge is 2.19. The van der Waals surface area contributed by atoms with E-state index in [-0.39, 0.29) is 13.0 Å². The summed E-state index contributed by atoms with van der Waals surface area (Å²) >= 11 is 0. The van der Waals surface area contributed by atoms with Crippen LogP contribution in [0.15, 0.2) is 103 Å². The van der Waals surface area contributed by atoms with Crippen molar-refractivity contribution in [3.8, 4) is 16.9 Å². The van der Waals surface area contributed by atoms with E-state index in [4.69, 9.17) is 12.6 Å². The summed E-state index contributed by atoms with van der Waals surface area (Å²) in [7, 11) is 0. The minimum Gasteiger partial charge on any atom is -0.493 e. The van der Waals surface area contributed by atoms with Gasteiger partial charge >= 0.3 is 5.97 Å². The Morgan fingerprint density at radius 1 is 0.816 bits per heavy atom. The molecule has 1 heterocycles. The van der Waals surface area contributed by atoms with Crippen molar-refractivity contribution in [1.82, 2.24) is 9.88 Å². The second kappa shape index (κ2) is 13.7. The lowest BCUT2D eigenvalue weighted by Crippen LogP contribution is -2.30. The molecule has 0 aliphatic rings. The zero-order chi connectivity index (χ0) is 28.4. The number of carboxylic acids is 1. The maximum atomic E-state index is 13.9. The lowest BCUT2D eigenvalue weighted by atomic mass is 10.0. The monoisotopic (exact) mass is 510 g/mol. The number of aliphatic carboxylic acids is 1. The molecular formula is C32H32N2O4. The van der Waals surface area contributed by atoms with Crippen LogP contribution in [0.5, 0.6) is 5.75 Å². The summed E-state index contributed by atoms with van der Waals surface area (Å²) in [6.07, 6.45) is 5.55. The van der Waals surface area contributed by atoms with E-state index in [0.29, 0.717) is 41.9 Å². The summed E-state index contributed by atoms with van der Waals surface area (Å²) in [4.78, 5) is 29.9. The molecule has 1 amide bonds. The molecule has 0 saturated heterocycles. The zero-order valence-corrected chi connectivity index (χ0v) is 21.1. The predicted molar refractivity (Wildman–Crippen MR) is 148 cm³/mol. The van der Waals surface area contributed by atoms with Crippen LogP contribution in [-0.4, -0.2) is 33.5 Å². The summed E-state index contributed by atoms with van der Waals surface area (Å²) in [5.74, 6) is -0.690. The van der Waals surface area contributed by atoms with Crippen molar-refractivity contribution in [2.75, 3.05) is 6.61 Å². The Kier molecular flexibility index (Phi) is 8.65. The van der Waals surface area contributed by atoms with E-state index in [1.165, 1.54) is 4.90 Å². The first-order valence-electron chi connectivity index (χ1n) is 13.7. The summed E-state index contributed by atoms with van der Waals surface area (Å²) < 4.78 is 24.1. The second-order valence-electron chi connectivity index (χ2n) is 8.84. The molecule has 6 heteroatoms. The molecule has 4 rings (SSSR count). The summed E-state index contributed by atoms with van der Waals surface area (Å²) in [6.45, 7) is -1.72. The summed E-state index contributed by atoms with van der Waals surface area (Å²) in [5, 5.41) is 8.81. The molecule has 0 bridgehead atoms.